The summed E-state index contributed by atoms with van der Waals surface area (Å²) in [5, 5.41) is 10.8. The lowest BCUT2D eigenvalue weighted by Crippen LogP contribution is -2.19. The van der Waals surface area contributed by atoms with Gasteiger partial charge >= 0.3 is 0 Å². The smallest absolute Gasteiger partial charge is 0.258 e. The predicted octanol–water partition coefficient (Wildman–Crippen LogP) is 3.73. The van der Waals surface area contributed by atoms with Crippen molar-refractivity contribution in [1.29, 1.82) is 0 Å². The zero-order valence-electron chi connectivity index (χ0n) is 11.3. The van der Waals surface area contributed by atoms with Crippen LogP contribution in [0.4, 0.5) is 5.69 Å². The quantitative estimate of drug-likeness (QED) is 0.341. The van der Waals surface area contributed by atoms with E-state index < -0.39 is 19.3 Å². The normalized spacial score (nSPS) is 12.8. The Morgan fingerprint density at radius 2 is 1.82 bits per heavy atom. The van der Waals surface area contributed by atoms with E-state index >= 15 is 0 Å². The summed E-state index contributed by atoms with van der Waals surface area (Å²) < 4.78 is 24.3. The van der Waals surface area contributed by atoms with Crippen LogP contribution in [0.1, 0.15) is 0 Å². The van der Waals surface area contributed by atoms with Crippen molar-refractivity contribution in [3.05, 3.63) is 64.7 Å². The molecule has 116 valence electrons. The molecule has 2 aromatic carbocycles. The van der Waals surface area contributed by atoms with E-state index in [1.807, 2.05) is 6.07 Å². The van der Waals surface area contributed by atoms with Gasteiger partial charge in [0.25, 0.3) is 5.69 Å². The van der Waals surface area contributed by atoms with Crippen molar-refractivity contribution in [2.45, 2.75) is 14.4 Å². The van der Waals surface area contributed by atoms with Crippen molar-refractivity contribution in [2.24, 2.45) is 0 Å². The molecule has 2 rings (SSSR count). The highest BCUT2D eigenvalue weighted by Crippen LogP contribution is 2.32. The molecule has 2 aromatic rings. The molecule has 1 atom stereocenters. The van der Waals surface area contributed by atoms with Crippen LogP contribution in [0.25, 0.3) is 0 Å². The standard InChI is InChI=1S/C14H12ClNO4S2/c15-10-14(21-12-6-2-1-3-7-12)22(19,20)13-8-4-5-11(9-13)16(17)18/h1-9,14H,10H2. The van der Waals surface area contributed by atoms with Crippen molar-refractivity contribution in [3.63, 3.8) is 0 Å². The van der Waals surface area contributed by atoms with Gasteiger partial charge in [-0.3, -0.25) is 10.1 Å². The fourth-order valence-corrected chi connectivity index (χ4v) is 5.32. The molecule has 8 heteroatoms. The molecule has 0 N–H and O–H groups in total. The van der Waals surface area contributed by atoms with E-state index in [0.29, 0.717) is 0 Å². The van der Waals surface area contributed by atoms with Crippen LogP contribution in [0.5, 0.6) is 0 Å². The number of rotatable bonds is 6. The Hall–Kier alpha value is -1.57. The zero-order chi connectivity index (χ0) is 16.2. The maximum Gasteiger partial charge on any atom is 0.270 e. The third kappa shape index (κ3) is 3.79. The first-order valence-corrected chi connectivity index (χ1v) is 9.17. The number of benzene rings is 2. The first-order chi connectivity index (χ1) is 10.4. The number of nitro groups is 1. The monoisotopic (exact) mass is 357 g/mol. The lowest BCUT2D eigenvalue weighted by molar-refractivity contribution is -0.385. The number of halogens is 1. The van der Waals surface area contributed by atoms with E-state index in [1.54, 1.807) is 24.3 Å². The third-order valence-corrected chi connectivity index (χ3v) is 7.31. The largest absolute Gasteiger partial charge is 0.270 e. The van der Waals surface area contributed by atoms with Crippen molar-refractivity contribution in [2.75, 3.05) is 5.88 Å². The molecule has 5 nitrogen and oxygen atoms in total. The van der Waals surface area contributed by atoms with Crippen LogP contribution in [0.15, 0.2) is 64.4 Å². The predicted molar refractivity (Wildman–Crippen MR) is 87.1 cm³/mol. The second-order valence-corrected chi connectivity index (χ2v) is 8.33. The summed E-state index contributed by atoms with van der Waals surface area (Å²) in [6.07, 6.45) is 0. The number of non-ortho nitro benzene ring substituents is 1. The minimum atomic E-state index is -3.78. The molecule has 0 bridgehead atoms. The first-order valence-electron chi connectivity index (χ1n) is 6.21. The van der Waals surface area contributed by atoms with E-state index in [0.717, 1.165) is 22.7 Å². The van der Waals surface area contributed by atoms with Gasteiger partial charge in [-0.2, -0.15) is 0 Å². The molecule has 0 radical (unpaired) electrons. The van der Waals surface area contributed by atoms with Gasteiger partial charge in [0.2, 0.25) is 0 Å². The van der Waals surface area contributed by atoms with Gasteiger partial charge in [0, 0.05) is 22.9 Å². The van der Waals surface area contributed by atoms with Crippen LogP contribution in [0.2, 0.25) is 0 Å². The fourth-order valence-electron chi connectivity index (χ4n) is 1.75. The Balaban J connectivity index is 2.34. The SMILES string of the molecule is O=[N+]([O-])c1cccc(S(=O)(=O)C(CCl)Sc2ccccc2)c1. The molecule has 0 amide bonds. The second-order valence-electron chi connectivity index (χ2n) is 4.31. The van der Waals surface area contributed by atoms with E-state index in [2.05, 4.69) is 0 Å². The van der Waals surface area contributed by atoms with Gasteiger partial charge in [0.05, 0.1) is 9.82 Å². The summed E-state index contributed by atoms with van der Waals surface area (Å²) in [5.41, 5.74) is -0.265. The fraction of sp³-hybridized carbons (Fsp3) is 0.143. The number of nitro benzene ring substituents is 1. The van der Waals surface area contributed by atoms with Gasteiger partial charge in [-0.25, -0.2) is 8.42 Å². The molecule has 0 aliphatic carbocycles. The van der Waals surface area contributed by atoms with E-state index in [1.165, 1.54) is 18.2 Å². The molecule has 0 saturated heterocycles. The number of thioether (sulfide) groups is 1. The number of hydrogen-bond acceptors (Lipinski definition) is 5. The van der Waals surface area contributed by atoms with Gasteiger partial charge in [0.1, 0.15) is 4.58 Å². The van der Waals surface area contributed by atoms with E-state index in [9.17, 15) is 18.5 Å². The molecule has 0 heterocycles. The first kappa shape index (κ1) is 16.8. The Morgan fingerprint density at radius 1 is 1.14 bits per heavy atom. The Morgan fingerprint density at radius 3 is 2.41 bits per heavy atom. The van der Waals surface area contributed by atoms with E-state index in [-0.39, 0.29) is 16.5 Å². The van der Waals surface area contributed by atoms with Crippen molar-refractivity contribution in [1.82, 2.24) is 0 Å². The van der Waals surface area contributed by atoms with Crippen molar-refractivity contribution < 1.29 is 13.3 Å². The van der Waals surface area contributed by atoms with Crippen LogP contribution in [0, 0.1) is 10.1 Å². The van der Waals surface area contributed by atoms with Crippen molar-refractivity contribution >= 4 is 38.9 Å². The molecule has 0 aliphatic heterocycles. The Kier molecular flexibility index (Phi) is 5.44. The van der Waals surface area contributed by atoms with Crippen LogP contribution in [0.3, 0.4) is 0 Å². The zero-order valence-corrected chi connectivity index (χ0v) is 13.6. The van der Waals surface area contributed by atoms with Gasteiger partial charge in [-0.05, 0) is 18.2 Å². The summed E-state index contributed by atoms with van der Waals surface area (Å²) in [4.78, 5) is 10.8. The molecule has 0 aliphatic rings. The summed E-state index contributed by atoms with van der Waals surface area (Å²) in [5.74, 6) is -0.120. The maximum atomic E-state index is 12.6. The maximum absolute atomic E-state index is 12.6. The average molecular weight is 358 g/mol. The third-order valence-electron chi connectivity index (χ3n) is 2.84. The van der Waals surface area contributed by atoms with Gasteiger partial charge < -0.3 is 0 Å². The van der Waals surface area contributed by atoms with Crippen molar-refractivity contribution in [3.8, 4) is 0 Å². The summed E-state index contributed by atoms with van der Waals surface area (Å²) in [6.45, 7) is 0. The Bertz CT molecular complexity index is 765. The average Bonchev–Trinajstić information content (AvgIpc) is 2.53. The topological polar surface area (TPSA) is 77.3 Å². The van der Waals surface area contributed by atoms with Gasteiger partial charge in [-0.15, -0.1) is 23.4 Å². The molecular weight excluding hydrogens is 346 g/mol. The molecule has 0 aromatic heterocycles. The minimum Gasteiger partial charge on any atom is -0.258 e. The van der Waals surface area contributed by atoms with Crippen LogP contribution < -0.4 is 0 Å². The highest BCUT2D eigenvalue weighted by molar-refractivity contribution is 8.13. The number of alkyl halides is 1. The molecule has 1 unspecified atom stereocenters. The highest BCUT2D eigenvalue weighted by atomic mass is 35.5. The molecule has 0 saturated carbocycles. The number of sulfone groups is 1. The summed E-state index contributed by atoms with van der Waals surface area (Å²) >= 11 is 6.94. The number of nitrogens with zero attached hydrogens (tertiary/aromatic N) is 1. The molecule has 22 heavy (non-hydrogen) atoms. The second kappa shape index (κ2) is 7.13. The highest BCUT2D eigenvalue weighted by Gasteiger charge is 2.29. The van der Waals surface area contributed by atoms with Crippen LogP contribution in [-0.2, 0) is 9.84 Å². The van der Waals surface area contributed by atoms with Gasteiger partial charge in [0.15, 0.2) is 9.84 Å². The summed E-state index contributed by atoms with van der Waals surface area (Å²) in [6, 6.07) is 14.0. The molecule has 0 fully saturated rings. The molecule has 0 spiro atoms. The minimum absolute atomic E-state index is 0.101. The molecular formula is C14H12ClNO4S2. The Labute approximate surface area is 137 Å². The van der Waals surface area contributed by atoms with E-state index in [4.69, 9.17) is 11.6 Å². The number of hydrogen-bond donors (Lipinski definition) is 0. The van der Waals surface area contributed by atoms with Crippen LogP contribution >= 0.6 is 23.4 Å². The van der Waals surface area contributed by atoms with Crippen LogP contribution in [-0.4, -0.2) is 23.8 Å². The van der Waals surface area contributed by atoms with Gasteiger partial charge in [-0.1, -0.05) is 24.3 Å². The lowest BCUT2D eigenvalue weighted by atomic mass is 10.3. The summed E-state index contributed by atoms with van der Waals surface area (Å²) in [7, 11) is -3.78. The lowest BCUT2D eigenvalue weighted by Gasteiger charge is -2.14.